The lowest BCUT2D eigenvalue weighted by Gasteiger charge is -2.28. The molecule has 0 aromatic heterocycles. The van der Waals surface area contributed by atoms with Crippen LogP contribution < -0.4 is 5.32 Å². The third-order valence-electron chi connectivity index (χ3n) is 3.42. The average Bonchev–Trinajstić information content (AvgIpc) is 2.31. The lowest BCUT2D eigenvalue weighted by atomic mass is 10.0. The first-order valence-corrected chi connectivity index (χ1v) is 7.33. The third-order valence-corrected chi connectivity index (χ3v) is 4.28. The molecule has 3 nitrogen and oxygen atoms in total. The van der Waals surface area contributed by atoms with Gasteiger partial charge in [0.15, 0.2) is 0 Å². The number of amides is 1. The van der Waals surface area contributed by atoms with E-state index in [4.69, 9.17) is 0 Å². The number of likely N-dealkylation sites (N-methyl/N-ethyl adjacent to an activating group) is 1. The molecular weight excluding hydrogens is 304 g/mol. The first kappa shape index (κ1) is 16.2. The maximum atomic E-state index is 12.2. The van der Waals surface area contributed by atoms with E-state index in [2.05, 4.69) is 40.0 Å². The number of carbonyl (C=O) groups is 1. The number of hydrogen-bond donors (Lipinski definition) is 1. The lowest BCUT2D eigenvalue weighted by Crippen LogP contribution is -2.43. The summed E-state index contributed by atoms with van der Waals surface area (Å²) in [5, 5.41) is 3.03. The van der Waals surface area contributed by atoms with Gasteiger partial charge in [0.1, 0.15) is 0 Å². The third kappa shape index (κ3) is 4.32. The smallest absolute Gasteiger partial charge is 0.251 e. The highest BCUT2D eigenvalue weighted by Gasteiger charge is 2.18. The number of nitrogens with zero attached hydrogens (tertiary/aromatic N) is 1. The van der Waals surface area contributed by atoms with Gasteiger partial charge in [-0.15, -0.1) is 0 Å². The van der Waals surface area contributed by atoms with Crippen LogP contribution in [0.4, 0.5) is 0 Å². The number of hydrogen-bond acceptors (Lipinski definition) is 2. The van der Waals surface area contributed by atoms with Crippen LogP contribution in [0.3, 0.4) is 0 Å². The van der Waals surface area contributed by atoms with Gasteiger partial charge in [0, 0.05) is 22.6 Å². The highest BCUT2D eigenvalue weighted by Crippen LogP contribution is 2.19. The molecule has 1 unspecified atom stereocenters. The molecule has 1 atom stereocenters. The normalized spacial score (nSPS) is 12.8. The summed E-state index contributed by atoms with van der Waals surface area (Å²) < 4.78 is 0.966. The van der Waals surface area contributed by atoms with E-state index in [9.17, 15) is 4.79 Å². The van der Waals surface area contributed by atoms with E-state index in [1.54, 1.807) is 0 Å². The topological polar surface area (TPSA) is 32.3 Å². The van der Waals surface area contributed by atoms with Gasteiger partial charge in [-0.05, 0) is 44.6 Å². The van der Waals surface area contributed by atoms with Crippen molar-refractivity contribution in [2.45, 2.75) is 26.8 Å². The Morgan fingerprint density at radius 3 is 2.53 bits per heavy atom. The number of nitrogens with one attached hydrogen (secondary N) is 1. The fraction of sp³-hybridized carbons (Fsp3) is 0.533. The Morgan fingerprint density at radius 2 is 2.00 bits per heavy atom. The summed E-state index contributed by atoms with van der Waals surface area (Å²) in [7, 11) is 4.09. The molecule has 4 heteroatoms. The molecule has 1 aromatic carbocycles. The van der Waals surface area contributed by atoms with Crippen molar-refractivity contribution in [3.8, 4) is 0 Å². The van der Waals surface area contributed by atoms with Gasteiger partial charge in [-0.25, -0.2) is 0 Å². The van der Waals surface area contributed by atoms with Crippen molar-refractivity contribution >= 4 is 21.8 Å². The first-order chi connectivity index (χ1) is 8.84. The maximum Gasteiger partial charge on any atom is 0.251 e. The van der Waals surface area contributed by atoms with Crippen molar-refractivity contribution in [1.29, 1.82) is 0 Å². The standard InChI is InChI=1S/C15H23BrN2O/c1-10(2)14(18(4)5)9-17-15(19)12-7-6-8-13(16)11(12)3/h6-8,10,14H,9H2,1-5H3,(H,17,19). The van der Waals surface area contributed by atoms with E-state index in [1.165, 1.54) is 0 Å². The Labute approximate surface area is 124 Å². The van der Waals surface area contributed by atoms with Crippen LogP contribution in [-0.2, 0) is 0 Å². The minimum absolute atomic E-state index is 0.00806. The van der Waals surface area contributed by atoms with Gasteiger partial charge >= 0.3 is 0 Å². The summed E-state index contributed by atoms with van der Waals surface area (Å²) in [5.41, 5.74) is 1.71. The molecule has 1 aromatic rings. The Bertz CT molecular complexity index is 436. The van der Waals surface area contributed by atoms with Gasteiger partial charge in [-0.1, -0.05) is 35.8 Å². The Hall–Kier alpha value is -0.870. The molecule has 0 spiro atoms. The van der Waals surface area contributed by atoms with Gasteiger partial charge in [0.05, 0.1) is 0 Å². The van der Waals surface area contributed by atoms with Gasteiger partial charge in [0.2, 0.25) is 0 Å². The van der Waals surface area contributed by atoms with Crippen molar-refractivity contribution in [1.82, 2.24) is 10.2 Å². The second-order valence-electron chi connectivity index (χ2n) is 5.40. The molecule has 0 aliphatic heterocycles. The van der Waals surface area contributed by atoms with Crippen molar-refractivity contribution in [3.05, 3.63) is 33.8 Å². The van der Waals surface area contributed by atoms with Crippen LogP contribution >= 0.6 is 15.9 Å². The Balaban J connectivity index is 2.72. The van der Waals surface area contributed by atoms with Crippen LogP contribution in [0.1, 0.15) is 29.8 Å². The SMILES string of the molecule is Cc1c(Br)cccc1C(=O)NCC(C(C)C)N(C)C. The lowest BCUT2D eigenvalue weighted by molar-refractivity contribution is 0.0934. The van der Waals surface area contributed by atoms with Crippen LogP contribution in [0.2, 0.25) is 0 Å². The summed E-state index contributed by atoms with van der Waals surface area (Å²) >= 11 is 3.45. The summed E-state index contributed by atoms with van der Waals surface area (Å²) in [6, 6.07) is 6.03. The predicted molar refractivity (Wildman–Crippen MR) is 83.5 cm³/mol. The van der Waals surface area contributed by atoms with E-state index >= 15 is 0 Å². The van der Waals surface area contributed by atoms with E-state index in [-0.39, 0.29) is 5.91 Å². The van der Waals surface area contributed by atoms with Crippen molar-refractivity contribution in [2.24, 2.45) is 5.92 Å². The zero-order valence-electron chi connectivity index (χ0n) is 12.3. The zero-order valence-corrected chi connectivity index (χ0v) is 13.9. The molecule has 0 heterocycles. The largest absolute Gasteiger partial charge is 0.350 e. The van der Waals surface area contributed by atoms with Gasteiger partial charge < -0.3 is 10.2 Å². The highest BCUT2D eigenvalue weighted by atomic mass is 79.9. The van der Waals surface area contributed by atoms with Crippen molar-refractivity contribution in [2.75, 3.05) is 20.6 Å². The number of rotatable bonds is 5. The molecule has 0 bridgehead atoms. The van der Waals surface area contributed by atoms with Crippen LogP contribution in [0.5, 0.6) is 0 Å². The number of carbonyl (C=O) groups excluding carboxylic acids is 1. The molecule has 0 aliphatic carbocycles. The molecule has 0 radical (unpaired) electrons. The fourth-order valence-corrected chi connectivity index (χ4v) is 2.53. The molecule has 1 amide bonds. The van der Waals surface area contributed by atoms with Crippen LogP contribution in [0.25, 0.3) is 0 Å². The molecule has 106 valence electrons. The Kier molecular flexibility index (Phi) is 6.01. The minimum Gasteiger partial charge on any atom is -0.350 e. The number of benzene rings is 1. The summed E-state index contributed by atoms with van der Waals surface area (Å²) in [4.78, 5) is 14.4. The molecular formula is C15H23BrN2O. The van der Waals surface area contributed by atoms with Crippen LogP contribution in [-0.4, -0.2) is 37.5 Å². The van der Waals surface area contributed by atoms with Crippen molar-refractivity contribution in [3.63, 3.8) is 0 Å². The molecule has 0 aliphatic rings. The highest BCUT2D eigenvalue weighted by molar-refractivity contribution is 9.10. The predicted octanol–water partition coefficient (Wildman–Crippen LogP) is 3.07. The number of halogens is 1. The quantitative estimate of drug-likeness (QED) is 0.901. The van der Waals surface area contributed by atoms with Crippen molar-refractivity contribution < 1.29 is 4.79 Å². The molecule has 1 N–H and O–H groups in total. The summed E-state index contributed by atoms with van der Waals surface area (Å²) in [6.45, 7) is 6.95. The maximum absolute atomic E-state index is 12.2. The van der Waals surface area contributed by atoms with Crippen LogP contribution in [0, 0.1) is 12.8 Å². The molecule has 0 saturated heterocycles. The molecule has 0 saturated carbocycles. The Morgan fingerprint density at radius 1 is 1.37 bits per heavy atom. The summed E-state index contributed by atoms with van der Waals surface area (Å²) in [5.74, 6) is 0.491. The first-order valence-electron chi connectivity index (χ1n) is 6.54. The molecule has 19 heavy (non-hydrogen) atoms. The second-order valence-corrected chi connectivity index (χ2v) is 6.25. The fourth-order valence-electron chi connectivity index (χ4n) is 2.16. The molecule has 0 fully saturated rings. The van der Waals surface area contributed by atoms with Gasteiger partial charge in [-0.3, -0.25) is 4.79 Å². The van der Waals surface area contributed by atoms with E-state index in [1.807, 2.05) is 39.2 Å². The van der Waals surface area contributed by atoms with E-state index in [0.29, 0.717) is 18.5 Å². The van der Waals surface area contributed by atoms with Crippen LogP contribution in [0.15, 0.2) is 22.7 Å². The van der Waals surface area contributed by atoms with E-state index < -0.39 is 0 Å². The van der Waals surface area contributed by atoms with Gasteiger partial charge in [0.25, 0.3) is 5.91 Å². The second kappa shape index (κ2) is 7.06. The monoisotopic (exact) mass is 326 g/mol. The minimum atomic E-state index is -0.00806. The van der Waals surface area contributed by atoms with E-state index in [0.717, 1.165) is 15.6 Å². The molecule has 1 rings (SSSR count). The van der Waals surface area contributed by atoms with Gasteiger partial charge in [-0.2, -0.15) is 0 Å². The average molecular weight is 327 g/mol. The zero-order chi connectivity index (χ0) is 14.6. The summed E-state index contributed by atoms with van der Waals surface area (Å²) in [6.07, 6.45) is 0.